The SMILES string of the molecule is COc1ccc([N+](=O)[O-])c(N(C)C(=O)COc2ccc(CC3SC(=O)NC3=O)cc2)c1. The molecule has 2 aromatic rings. The number of amides is 3. The minimum absolute atomic E-state index is 0.0928. The standard InChI is InChI=1S/C20H19N3O7S/c1-22(16-10-14(29-2)7-8-15(16)23(27)28)18(24)11-30-13-5-3-12(4-6-13)9-17-19(25)21-20(26)31-17/h3-8,10,17H,9,11H2,1-2H3,(H,21,25,26). The van der Waals surface area contributed by atoms with Crippen molar-refractivity contribution in [2.75, 3.05) is 25.7 Å². The molecule has 1 unspecified atom stereocenters. The number of nitro groups is 1. The molecule has 0 radical (unpaired) electrons. The van der Waals surface area contributed by atoms with E-state index in [1.807, 2.05) is 0 Å². The Morgan fingerprint density at radius 2 is 1.87 bits per heavy atom. The highest BCUT2D eigenvalue weighted by atomic mass is 32.2. The molecule has 1 aliphatic rings. The summed E-state index contributed by atoms with van der Waals surface area (Å²) in [5.41, 5.74) is 0.702. The number of hydrogen-bond acceptors (Lipinski definition) is 8. The number of nitrogens with one attached hydrogen (secondary N) is 1. The van der Waals surface area contributed by atoms with Gasteiger partial charge in [0.25, 0.3) is 16.8 Å². The van der Waals surface area contributed by atoms with Gasteiger partial charge in [-0.1, -0.05) is 23.9 Å². The van der Waals surface area contributed by atoms with Gasteiger partial charge >= 0.3 is 0 Å². The number of rotatable bonds is 8. The summed E-state index contributed by atoms with van der Waals surface area (Å²) in [5, 5.41) is 12.7. The van der Waals surface area contributed by atoms with Crippen molar-refractivity contribution in [1.29, 1.82) is 0 Å². The van der Waals surface area contributed by atoms with Gasteiger partial charge in [-0.25, -0.2) is 0 Å². The molecule has 10 nitrogen and oxygen atoms in total. The second-order valence-electron chi connectivity index (χ2n) is 6.58. The zero-order chi connectivity index (χ0) is 22.5. The lowest BCUT2D eigenvalue weighted by Crippen LogP contribution is -2.31. The van der Waals surface area contributed by atoms with E-state index in [2.05, 4.69) is 5.32 Å². The Kier molecular flexibility index (Phi) is 6.75. The number of carbonyl (C=O) groups excluding carboxylic acids is 3. The molecule has 1 saturated heterocycles. The van der Waals surface area contributed by atoms with E-state index in [9.17, 15) is 24.5 Å². The van der Waals surface area contributed by atoms with Crippen molar-refractivity contribution >= 4 is 40.2 Å². The summed E-state index contributed by atoms with van der Waals surface area (Å²) in [6, 6.07) is 10.9. The van der Waals surface area contributed by atoms with Gasteiger partial charge in [0, 0.05) is 19.2 Å². The number of anilines is 1. The molecule has 162 valence electrons. The van der Waals surface area contributed by atoms with Crippen molar-refractivity contribution in [3.63, 3.8) is 0 Å². The van der Waals surface area contributed by atoms with E-state index in [-0.39, 0.29) is 29.1 Å². The Hall–Kier alpha value is -3.60. The minimum Gasteiger partial charge on any atom is -0.497 e. The van der Waals surface area contributed by atoms with Gasteiger partial charge < -0.3 is 14.4 Å². The van der Waals surface area contributed by atoms with Crippen molar-refractivity contribution in [2.45, 2.75) is 11.7 Å². The summed E-state index contributed by atoms with van der Waals surface area (Å²) in [6.45, 7) is -0.334. The van der Waals surface area contributed by atoms with Crippen LogP contribution in [0, 0.1) is 10.1 Å². The topological polar surface area (TPSA) is 128 Å². The van der Waals surface area contributed by atoms with Crippen LogP contribution in [0.2, 0.25) is 0 Å². The average Bonchev–Trinajstić information content (AvgIpc) is 3.08. The fraction of sp³-hybridized carbons (Fsp3) is 0.250. The van der Waals surface area contributed by atoms with E-state index in [0.717, 1.165) is 22.2 Å². The first-order valence-corrected chi connectivity index (χ1v) is 9.98. The van der Waals surface area contributed by atoms with Crippen LogP contribution in [0.5, 0.6) is 11.5 Å². The smallest absolute Gasteiger partial charge is 0.293 e. The summed E-state index contributed by atoms with van der Waals surface area (Å²) < 4.78 is 10.6. The van der Waals surface area contributed by atoms with Gasteiger partial charge in [-0.2, -0.15) is 0 Å². The van der Waals surface area contributed by atoms with Crippen molar-refractivity contribution in [3.8, 4) is 11.5 Å². The van der Waals surface area contributed by atoms with Crippen LogP contribution in [0.1, 0.15) is 5.56 Å². The molecule has 1 fully saturated rings. The Morgan fingerprint density at radius 1 is 1.19 bits per heavy atom. The van der Waals surface area contributed by atoms with Crippen molar-refractivity contribution in [3.05, 3.63) is 58.1 Å². The summed E-state index contributed by atoms with van der Waals surface area (Å²) in [4.78, 5) is 47.2. The number of nitrogens with zero attached hydrogens (tertiary/aromatic N) is 2. The van der Waals surface area contributed by atoms with E-state index in [1.54, 1.807) is 24.3 Å². The van der Waals surface area contributed by atoms with Gasteiger partial charge in [-0.3, -0.25) is 29.8 Å². The summed E-state index contributed by atoms with van der Waals surface area (Å²) >= 11 is 0.956. The number of methoxy groups -OCH3 is 1. The quantitative estimate of drug-likeness (QED) is 0.485. The number of thioether (sulfide) groups is 1. The number of hydrogen-bond donors (Lipinski definition) is 1. The third kappa shape index (κ3) is 5.31. The molecule has 0 saturated carbocycles. The lowest BCUT2D eigenvalue weighted by molar-refractivity contribution is -0.384. The predicted molar refractivity (Wildman–Crippen MR) is 114 cm³/mol. The van der Waals surface area contributed by atoms with E-state index in [4.69, 9.17) is 9.47 Å². The van der Waals surface area contributed by atoms with Crippen molar-refractivity contribution in [1.82, 2.24) is 5.32 Å². The Labute approximate surface area is 181 Å². The highest BCUT2D eigenvalue weighted by Gasteiger charge is 2.31. The highest BCUT2D eigenvalue weighted by molar-refractivity contribution is 8.15. The van der Waals surface area contributed by atoms with Gasteiger partial charge in [0.15, 0.2) is 6.61 Å². The summed E-state index contributed by atoms with van der Waals surface area (Å²) in [7, 11) is 2.84. The first kappa shape index (κ1) is 22.1. The molecule has 1 N–H and O–H groups in total. The third-order valence-electron chi connectivity index (χ3n) is 4.59. The number of likely N-dealkylation sites (N-methyl/N-ethyl adjacent to an activating group) is 1. The zero-order valence-electron chi connectivity index (χ0n) is 16.7. The maximum absolute atomic E-state index is 12.5. The second-order valence-corrected chi connectivity index (χ2v) is 7.76. The van der Waals surface area contributed by atoms with Gasteiger partial charge in [-0.15, -0.1) is 0 Å². The monoisotopic (exact) mass is 445 g/mol. The number of nitro benzene ring substituents is 1. The van der Waals surface area contributed by atoms with Crippen LogP contribution in [0.25, 0.3) is 0 Å². The summed E-state index contributed by atoms with van der Waals surface area (Å²) in [6.07, 6.45) is 0.393. The van der Waals surface area contributed by atoms with Crippen LogP contribution in [-0.2, 0) is 16.0 Å². The van der Waals surface area contributed by atoms with Gasteiger partial charge in [0.1, 0.15) is 17.2 Å². The van der Waals surface area contributed by atoms with Crippen LogP contribution in [0.15, 0.2) is 42.5 Å². The fourth-order valence-corrected chi connectivity index (χ4v) is 3.75. The molecule has 11 heteroatoms. The van der Waals surface area contributed by atoms with Crippen LogP contribution in [0.4, 0.5) is 16.2 Å². The Balaban J connectivity index is 1.61. The maximum atomic E-state index is 12.5. The maximum Gasteiger partial charge on any atom is 0.293 e. The van der Waals surface area contributed by atoms with Gasteiger partial charge in [0.2, 0.25) is 5.91 Å². The van der Waals surface area contributed by atoms with Crippen LogP contribution >= 0.6 is 11.8 Å². The largest absolute Gasteiger partial charge is 0.497 e. The zero-order valence-corrected chi connectivity index (χ0v) is 17.5. The van der Waals surface area contributed by atoms with Crippen LogP contribution in [0.3, 0.4) is 0 Å². The van der Waals surface area contributed by atoms with Crippen molar-refractivity contribution < 1.29 is 28.8 Å². The molecule has 1 heterocycles. The average molecular weight is 445 g/mol. The molecule has 0 aliphatic carbocycles. The van der Waals surface area contributed by atoms with E-state index in [0.29, 0.717) is 17.9 Å². The van der Waals surface area contributed by atoms with Crippen molar-refractivity contribution in [2.24, 2.45) is 0 Å². The first-order valence-electron chi connectivity index (χ1n) is 9.10. The minimum atomic E-state index is -0.575. The molecule has 1 aliphatic heterocycles. The molecule has 2 aromatic carbocycles. The lowest BCUT2D eigenvalue weighted by atomic mass is 10.1. The van der Waals surface area contributed by atoms with E-state index < -0.39 is 16.1 Å². The first-order chi connectivity index (χ1) is 14.8. The third-order valence-corrected chi connectivity index (χ3v) is 5.57. The van der Waals surface area contributed by atoms with E-state index in [1.165, 1.54) is 32.4 Å². The van der Waals surface area contributed by atoms with Gasteiger partial charge in [0.05, 0.1) is 17.3 Å². The second kappa shape index (κ2) is 9.47. The molecule has 0 spiro atoms. The van der Waals surface area contributed by atoms with Crippen LogP contribution < -0.4 is 19.7 Å². The molecular formula is C20H19N3O7S. The summed E-state index contributed by atoms with van der Waals surface area (Å²) in [5.74, 6) is 0.00590. The lowest BCUT2D eigenvalue weighted by Gasteiger charge is -2.18. The van der Waals surface area contributed by atoms with Crippen LogP contribution in [-0.4, -0.2) is 48.0 Å². The molecular weight excluding hydrogens is 426 g/mol. The fourth-order valence-electron chi connectivity index (χ4n) is 2.89. The van der Waals surface area contributed by atoms with E-state index >= 15 is 0 Å². The number of ether oxygens (including phenoxy) is 2. The molecule has 1 atom stereocenters. The molecule has 31 heavy (non-hydrogen) atoms. The normalized spacial score (nSPS) is 15.4. The number of benzene rings is 2. The number of imide groups is 1. The number of carbonyl (C=O) groups is 3. The molecule has 0 bridgehead atoms. The molecule has 0 aromatic heterocycles. The highest BCUT2D eigenvalue weighted by Crippen LogP contribution is 2.31. The van der Waals surface area contributed by atoms with Gasteiger partial charge in [-0.05, 0) is 30.2 Å². The molecule has 3 rings (SSSR count). The predicted octanol–water partition coefficient (Wildman–Crippen LogP) is 2.54. The Morgan fingerprint density at radius 3 is 2.45 bits per heavy atom. The molecule has 3 amide bonds. The Bertz CT molecular complexity index is 1030.